The number of nitrogens with two attached hydrogens (primary N) is 3. The van der Waals surface area contributed by atoms with Crippen molar-refractivity contribution in [2.75, 3.05) is 58.4 Å². The zero-order valence-electron chi connectivity index (χ0n) is 67.7. The van der Waals surface area contributed by atoms with E-state index in [1.54, 1.807) is 153 Å². The summed E-state index contributed by atoms with van der Waals surface area (Å²) in [6.45, 7) is 7.12. The molecule has 1 unspecified atom stereocenters. The van der Waals surface area contributed by atoms with Crippen molar-refractivity contribution < 1.29 is 113 Å². The second-order valence-corrected chi connectivity index (χ2v) is 38.1. The Kier molecular flexibility index (Phi) is 30.5. The Morgan fingerprint density at radius 3 is 0.892 bits per heavy atom. The molecule has 0 spiro atoms. The molecule has 18 atom stereocenters. The predicted octanol–water partition coefficient (Wildman–Crippen LogP) is 7.96. The average Bonchev–Trinajstić information content (AvgIpc) is 1.60. The number of rotatable bonds is 33. The highest BCUT2D eigenvalue weighted by atomic mass is 32.5. The quantitative estimate of drug-likeness (QED) is 0.0107. The van der Waals surface area contributed by atoms with Gasteiger partial charge in [-0.15, -0.1) is 0 Å². The number of methoxy groups -OCH3 is 3. The standard InChI is InChI=1S/3C24H32FN6O7PS/c3*1-13(2)36-21(33)14(3)30-39(40,38-15-9-7-6-8-10-15)35-11-16-18(32)24(4,25)22(37-16)31-12-27-17-19(31)28-23(26)29-20(17)34-5/h3*6-10,12-14,16,18,22,32H,11H2,1-5H3,(H,30,40)(H2,26,28,29)/t14-,16-,18-,22-,24-,39?;14-,16-,18-,22-,24-,39+;14-,16-,18-,22-,24-,39-/m111/s1. The minimum atomic E-state index is -3.46. The van der Waals surface area contributed by atoms with E-state index in [0.29, 0.717) is 17.2 Å². The second-order valence-electron chi connectivity index (χ2n) is 28.7. The van der Waals surface area contributed by atoms with Crippen LogP contribution in [-0.2, 0) is 91.8 Å². The van der Waals surface area contributed by atoms with Crippen molar-refractivity contribution in [1.82, 2.24) is 73.8 Å². The fraction of sp³-hybridized carbons (Fsp3) is 0.500. The van der Waals surface area contributed by atoms with Gasteiger partial charge < -0.3 is 102 Å². The van der Waals surface area contributed by atoms with Crippen molar-refractivity contribution in [1.29, 1.82) is 0 Å². The number of hydrogen-bond acceptors (Lipinski definition) is 36. The molecule has 0 amide bonds. The van der Waals surface area contributed by atoms with Gasteiger partial charge in [0, 0.05) is 0 Å². The number of para-hydroxylation sites is 3. The molecule has 3 aliphatic rings. The summed E-state index contributed by atoms with van der Waals surface area (Å²) in [7, 11) is 4.17. The number of nitrogen functional groups attached to an aromatic ring is 3. The minimum absolute atomic E-state index is 0.107. The van der Waals surface area contributed by atoms with E-state index < -0.39 is 128 Å². The van der Waals surface area contributed by atoms with Crippen molar-refractivity contribution >= 4 is 125 Å². The number of hydrogen-bond donors (Lipinski definition) is 9. The molecule has 48 heteroatoms. The van der Waals surface area contributed by atoms with Crippen LogP contribution in [0.5, 0.6) is 34.9 Å². The number of anilines is 3. The third-order valence-corrected chi connectivity index (χ3v) is 25.5. The van der Waals surface area contributed by atoms with Crippen molar-refractivity contribution in [2.45, 2.75) is 192 Å². The third kappa shape index (κ3) is 22.1. The number of nitrogens with one attached hydrogen (secondary N) is 3. The number of imidazole rings is 3. The summed E-state index contributed by atoms with van der Waals surface area (Å²) in [6, 6.07) is 23.2. The Hall–Kier alpha value is -8.82. The maximum atomic E-state index is 16.0. The molecular weight excluding hydrogens is 1700 g/mol. The number of aliphatic hydroxyl groups excluding tert-OH is 3. The van der Waals surface area contributed by atoms with Gasteiger partial charge in [0.1, 0.15) is 72.0 Å². The largest absolute Gasteiger partial charge is 0.479 e. The molecule has 0 saturated carbocycles. The summed E-state index contributed by atoms with van der Waals surface area (Å²) in [6.07, 6.45) is -9.67. The van der Waals surface area contributed by atoms with Gasteiger partial charge in [-0.1, -0.05) is 54.6 Å². The fourth-order valence-electron chi connectivity index (χ4n) is 12.2. The molecular formula is C72H96F3N18O21P3S3. The lowest BCUT2D eigenvalue weighted by Gasteiger charge is -2.28. The molecule has 9 aromatic rings. The number of aliphatic hydroxyl groups is 3. The summed E-state index contributed by atoms with van der Waals surface area (Å²) in [5.41, 5.74) is 11.6. The summed E-state index contributed by atoms with van der Waals surface area (Å²) >= 11 is 17.1. The number of esters is 3. The van der Waals surface area contributed by atoms with E-state index in [9.17, 15) is 29.7 Å². The van der Waals surface area contributed by atoms with Gasteiger partial charge in [0.25, 0.3) is 0 Å². The van der Waals surface area contributed by atoms with E-state index in [-0.39, 0.29) is 107 Å². The molecule has 0 bridgehead atoms. The van der Waals surface area contributed by atoms with Gasteiger partial charge in [-0.3, -0.25) is 28.1 Å². The van der Waals surface area contributed by atoms with Crippen molar-refractivity contribution in [3.63, 3.8) is 0 Å². The third-order valence-electron chi connectivity index (χ3n) is 18.0. The summed E-state index contributed by atoms with van der Waals surface area (Å²) in [5, 5.41) is 41.5. The molecule has 0 aliphatic carbocycles. The Bertz CT molecular complexity index is 4680. The first kappa shape index (κ1) is 93.4. The fourth-order valence-corrected chi connectivity index (χ4v) is 19.5. The van der Waals surface area contributed by atoms with E-state index in [1.165, 1.54) is 74.8 Å². The molecule has 12 N–H and O–H groups in total. The molecule has 3 aliphatic heterocycles. The van der Waals surface area contributed by atoms with Gasteiger partial charge >= 0.3 is 37.8 Å². The molecule has 12 rings (SSSR count). The van der Waals surface area contributed by atoms with E-state index in [0.717, 1.165) is 0 Å². The summed E-state index contributed by atoms with van der Waals surface area (Å²) in [4.78, 5) is 74.3. The zero-order valence-corrected chi connectivity index (χ0v) is 72.8. The Balaban J connectivity index is 0.000000189. The number of nitrogens with zero attached hydrogens (tertiary/aromatic N) is 12. The molecule has 3 saturated heterocycles. The van der Waals surface area contributed by atoms with Crippen LogP contribution in [0.4, 0.5) is 31.0 Å². The van der Waals surface area contributed by atoms with Crippen LogP contribution in [0.15, 0.2) is 110 Å². The molecule has 6 aromatic heterocycles. The first-order chi connectivity index (χ1) is 56.5. The predicted molar refractivity (Wildman–Crippen MR) is 441 cm³/mol. The number of carbonyl (C=O) groups excluding carboxylic acids is 3. The SMILES string of the molecule is COc1nc(N)nc2c1ncn2[C@@H]1O[C@H](COP(=S)(N[C@H](C)C(=O)OC(C)C)Oc2ccccc2)[C@@H](O)[C@@]1(C)F.COc1nc(N)nc2c1ncn2[C@@H]1O[C@H](CO[P@@](=S)(N[C@H](C)C(=O)OC(C)C)Oc2ccccc2)[C@@H](O)[C@@]1(C)F.COc1nc(N)nc2c1ncn2[C@@H]1O[C@H](CO[P@](=S)(N[C@H](C)C(=O)OC(C)C)Oc2ccccc2)[C@@H](O)[C@@]1(C)F. The lowest BCUT2D eigenvalue weighted by atomic mass is 9.98. The zero-order chi connectivity index (χ0) is 87.7. The molecule has 39 nitrogen and oxygen atoms in total. The lowest BCUT2D eigenvalue weighted by Crippen LogP contribution is -2.41. The van der Waals surface area contributed by atoms with Gasteiger partial charge in [0.2, 0.25) is 35.5 Å². The first-order valence-electron chi connectivity index (χ1n) is 37.1. The molecule has 654 valence electrons. The number of fused-ring (bicyclic) bond motifs is 3. The van der Waals surface area contributed by atoms with Gasteiger partial charge in [0.05, 0.1) is 78.4 Å². The molecule has 9 heterocycles. The highest BCUT2D eigenvalue weighted by molar-refractivity contribution is 8.09. The van der Waals surface area contributed by atoms with Gasteiger partial charge in [-0.05, 0) is 155 Å². The van der Waals surface area contributed by atoms with Gasteiger partial charge in [-0.2, -0.15) is 29.9 Å². The number of benzene rings is 3. The van der Waals surface area contributed by atoms with E-state index in [1.807, 2.05) is 0 Å². The number of aromatic nitrogens is 12. The Morgan fingerprint density at radius 1 is 0.442 bits per heavy atom. The maximum absolute atomic E-state index is 16.0. The number of ether oxygens (including phenoxy) is 9. The highest BCUT2D eigenvalue weighted by Crippen LogP contribution is 2.53. The Labute approximate surface area is 702 Å². The molecule has 0 radical (unpaired) electrons. The Morgan fingerprint density at radius 2 is 0.675 bits per heavy atom. The van der Waals surface area contributed by atoms with Crippen LogP contribution in [-0.4, -0.2) is 223 Å². The lowest BCUT2D eigenvalue weighted by molar-refractivity contribution is -0.149. The molecule has 3 aromatic carbocycles. The van der Waals surface area contributed by atoms with Gasteiger partial charge in [0.15, 0.2) is 69.2 Å². The van der Waals surface area contributed by atoms with E-state index in [2.05, 4.69) is 60.1 Å². The van der Waals surface area contributed by atoms with Crippen molar-refractivity contribution in [3.05, 3.63) is 110 Å². The van der Waals surface area contributed by atoms with Crippen molar-refractivity contribution in [3.8, 4) is 34.9 Å². The van der Waals surface area contributed by atoms with Crippen LogP contribution in [0, 0.1) is 0 Å². The van der Waals surface area contributed by atoms with Crippen LogP contribution in [0.1, 0.15) is 102 Å². The van der Waals surface area contributed by atoms with Gasteiger partial charge in [-0.25, -0.2) is 43.4 Å². The molecule has 3 fully saturated rings. The first-order valence-corrected chi connectivity index (χ1v) is 45.1. The smallest absolute Gasteiger partial charge is 0.323 e. The second kappa shape index (κ2) is 39.1. The van der Waals surface area contributed by atoms with Crippen LogP contribution in [0.25, 0.3) is 33.5 Å². The molecule has 120 heavy (non-hydrogen) atoms. The topological polar surface area (TPSA) is 495 Å². The normalized spacial score (nSPS) is 25.1. The number of carbonyl (C=O) groups is 3. The van der Waals surface area contributed by atoms with Crippen molar-refractivity contribution in [2.24, 2.45) is 0 Å². The maximum Gasteiger partial charge on any atom is 0.323 e. The number of alkyl halides is 3. The van der Waals surface area contributed by atoms with E-state index >= 15 is 13.2 Å². The van der Waals surface area contributed by atoms with Crippen LogP contribution >= 0.6 is 19.9 Å². The highest BCUT2D eigenvalue weighted by Gasteiger charge is 2.59. The average molecular weight is 1800 g/mol. The van der Waals surface area contributed by atoms with E-state index in [4.69, 9.17) is 122 Å². The minimum Gasteiger partial charge on any atom is -0.479 e. The summed E-state index contributed by atoms with van der Waals surface area (Å²) < 4.78 is 137. The monoisotopic (exact) mass is 1790 g/mol. The van der Waals surface area contributed by atoms with Crippen LogP contribution < -0.4 is 60.2 Å². The van der Waals surface area contributed by atoms with Crippen LogP contribution in [0.3, 0.4) is 0 Å². The van der Waals surface area contributed by atoms with Crippen LogP contribution in [0.2, 0.25) is 0 Å². The summed E-state index contributed by atoms with van der Waals surface area (Å²) in [5.74, 6) is -0.509. The number of halogens is 3.